The molecule has 2 aromatic carbocycles. The van der Waals surface area contributed by atoms with Crippen molar-refractivity contribution in [3.63, 3.8) is 0 Å². The molecule has 0 aliphatic rings. The minimum Gasteiger partial charge on any atom is -0.351 e. The van der Waals surface area contributed by atoms with Crippen LogP contribution in [-0.2, 0) is 32.7 Å². The second kappa shape index (κ2) is 6.01. The number of para-hydroxylation sites is 2. The standard InChI is InChI=1S/C18H10N2.Y/c1-3-7-16-13(5-1)9-10-18(20-16)15-11-12-19-17-8-4-2-6-14(15)17;/h1-9,12H;/q-2;. The fourth-order valence-electron chi connectivity index (χ4n) is 2.38. The van der Waals surface area contributed by atoms with Crippen LogP contribution in [0.4, 0.5) is 0 Å². The monoisotopic (exact) mass is 343 g/mol. The van der Waals surface area contributed by atoms with Crippen molar-refractivity contribution in [3.8, 4) is 11.3 Å². The Hall–Kier alpha value is -1.64. The Morgan fingerprint density at radius 3 is 2.48 bits per heavy atom. The molecule has 0 unspecified atom stereocenters. The number of fused-ring (bicyclic) bond motifs is 2. The normalized spacial score (nSPS) is 10.5. The topological polar surface area (TPSA) is 25.8 Å². The third kappa shape index (κ3) is 2.62. The summed E-state index contributed by atoms with van der Waals surface area (Å²) in [6.45, 7) is 0. The van der Waals surface area contributed by atoms with Gasteiger partial charge in [-0.05, 0) is 23.8 Å². The Bertz CT molecular complexity index is 913. The minimum atomic E-state index is 0. The van der Waals surface area contributed by atoms with Crippen LogP contribution in [0.25, 0.3) is 33.1 Å². The molecule has 2 heterocycles. The Morgan fingerprint density at radius 2 is 1.57 bits per heavy atom. The zero-order chi connectivity index (χ0) is 13.4. The largest absolute Gasteiger partial charge is 0.351 e. The van der Waals surface area contributed by atoms with Gasteiger partial charge in [-0.15, -0.1) is 12.1 Å². The maximum atomic E-state index is 4.68. The van der Waals surface area contributed by atoms with Crippen molar-refractivity contribution in [3.05, 3.63) is 72.9 Å². The van der Waals surface area contributed by atoms with E-state index in [9.17, 15) is 0 Å². The summed E-state index contributed by atoms with van der Waals surface area (Å²) in [5, 5.41) is 2.14. The Kier molecular flexibility index (Phi) is 4.09. The van der Waals surface area contributed by atoms with Crippen LogP contribution >= 0.6 is 0 Å². The van der Waals surface area contributed by atoms with E-state index in [2.05, 4.69) is 22.1 Å². The van der Waals surface area contributed by atoms with Crippen LogP contribution in [0.2, 0.25) is 0 Å². The molecule has 97 valence electrons. The van der Waals surface area contributed by atoms with E-state index in [1.807, 2.05) is 54.6 Å². The summed E-state index contributed by atoms with van der Waals surface area (Å²) >= 11 is 0. The quantitative estimate of drug-likeness (QED) is 0.488. The van der Waals surface area contributed by atoms with Crippen LogP contribution in [-0.4, -0.2) is 9.97 Å². The number of benzene rings is 2. The Balaban J connectivity index is 0.00000132. The summed E-state index contributed by atoms with van der Waals surface area (Å²) in [5.41, 5.74) is 3.67. The van der Waals surface area contributed by atoms with Gasteiger partial charge in [-0.3, -0.25) is 10.5 Å². The molecule has 2 nitrogen and oxygen atoms in total. The first kappa shape index (κ1) is 14.3. The summed E-state index contributed by atoms with van der Waals surface area (Å²) < 4.78 is 0. The van der Waals surface area contributed by atoms with Crippen molar-refractivity contribution in [1.82, 2.24) is 9.97 Å². The average molecular weight is 343 g/mol. The predicted octanol–water partition coefficient (Wildman–Crippen LogP) is 4.05. The van der Waals surface area contributed by atoms with Gasteiger partial charge in [0.15, 0.2) is 0 Å². The van der Waals surface area contributed by atoms with Crippen molar-refractivity contribution >= 4 is 21.8 Å². The molecule has 0 spiro atoms. The first-order chi connectivity index (χ1) is 9.92. The van der Waals surface area contributed by atoms with Gasteiger partial charge in [-0.2, -0.15) is 17.1 Å². The Labute approximate surface area is 148 Å². The molecule has 3 heteroatoms. The van der Waals surface area contributed by atoms with Crippen LogP contribution < -0.4 is 0 Å². The molecule has 0 aliphatic heterocycles. The summed E-state index contributed by atoms with van der Waals surface area (Å²) in [5.74, 6) is 0. The maximum absolute atomic E-state index is 4.68. The van der Waals surface area contributed by atoms with Gasteiger partial charge in [-0.25, -0.2) is 12.1 Å². The number of pyridine rings is 2. The summed E-state index contributed by atoms with van der Waals surface area (Å²) in [6, 6.07) is 24.5. The van der Waals surface area contributed by atoms with E-state index in [0.29, 0.717) is 0 Å². The second-order valence-corrected chi connectivity index (χ2v) is 4.60. The number of hydrogen-bond donors (Lipinski definition) is 0. The van der Waals surface area contributed by atoms with Crippen LogP contribution in [0, 0.1) is 12.1 Å². The Morgan fingerprint density at radius 1 is 0.810 bits per heavy atom. The first-order valence-electron chi connectivity index (χ1n) is 6.45. The van der Waals surface area contributed by atoms with E-state index in [1.54, 1.807) is 6.20 Å². The van der Waals surface area contributed by atoms with Crippen LogP contribution in [0.3, 0.4) is 0 Å². The van der Waals surface area contributed by atoms with Gasteiger partial charge in [0, 0.05) is 38.2 Å². The summed E-state index contributed by atoms with van der Waals surface area (Å²) in [6.07, 6.45) is 1.70. The van der Waals surface area contributed by atoms with Crippen molar-refractivity contribution in [2.45, 2.75) is 0 Å². The van der Waals surface area contributed by atoms with E-state index in [0.717, 1.165) is 33.1 Å². The number of aromatic nitrogens is 2. The molecule has 4 aromatic rings. The fraction of sp³-hybridized carbons (Fsp3) is 0. The molecule has 0 bridgehead atoms. The van der Waals surface area contributed by atoms with Crippen molar-refractivity contribution < 1.29 is 32.7 Å². The van der Waals surface area contributed by atoms with Gasteiger partial charge < -0.3 is 4.98 Å². The van der Waals surface area contributed by atoms with E-state index < -0.39 is 0 Å². The first-order valence-corrected chi connectivity index (χ1v) is 6.45. The van der Waals surface area contributed by atoms with Gasteiger partial charge in [0.05, 0.1) is 0 Å². The molecular weight excluding hydrogens is 333 g/mol. The third-order valence-corrected chi connectivity index (χ3v) is 3.36. The zero-order valence-corrected chi connectivity index (χ0v) is 14.1. The molecular formula is C18H10N2Y-2. The molecule has 0 amide bonds. The van der Waals surface area contributed by atoms with Crippen LogP contribution in [0.5, 0.6) is 0 Å². The van der Waals surface area contributed by atoms with Gasteiger partial charge in [-0.1, -0.05) is 29.7 Å². The second-order valence-electron chi connectivity index (χ2n) is 4.60. The van der Waals surface area contributed by atoms with Gasteiger partial charge in [0.2, 0.25) is 0 Å². The predicted molar refractivity (Wildman–Crippen MR) is 80.2 cm³/mol. The number of rotatable bonds is 1. The molecule has 0 saturated carbocycles. The van der Waals surface area contributed by atoms with Gasteiger partial charge in [0.25, 0.3) is 0 Å². The van der Waals surface area contributed by atoms with Gasteiger partial charge >= 0.3 is 0 Å². The zero-order valence-electron chi connectivity index (χ0n) is 11.2. The van der Waals surface area contributed by atoms with E-state index in [-0.39, 0.29) is 32.7 Å². The SMILES string of the molecule is [Y].[c-]1cc2ccccc2nc1-c1[c-]cnc2ccccc12. The maximum Gasteiger partial charge on any atom is 0.00267 e. The molecule has 0 fully saturated rings. The molecule has 0 aliphatic carbocycles. The average Bonchev–Trinajstić information content (AvgIpc) is 2.54. The van der Waals surface area contributed by atoms with Crippen molar-refractivity contribution in [2.75, 3.05) is 0 Å². The molecule has 0 atom stereocenters. The molecule has 0 N–H and O–H groups in total. The molecule has 1 radical (unpaired) electrons. The van der Waals surface area contributed by atoms with Crippen molar-refractivity contribution in [2.24, 2.45) is 0 Å². The summed E-state index contributed by atoms with van der Waals surface area (Å²) in [4.78, 5) is 9.01. The smallest absolute Gasteiger partial charge is 0.00267 e. The molecule has 21 heavy (non-hydrogen) atoms. The van der Waals surface area contributed by atoms with Crippen molar-refractivity contribution in [1.29, 1.82) is 0 Å². The molecule has 4 rings (SSSR count). The molecule has 0 saturated heterocycles. The fourth-order valence-corrected chi connectivity index (χ4v) is 2.38. The number of nitrogens with zero attached hydrogens (tertiary/aromatic N) is 2. The third-order valence-electron chi connectivity index (χ3n) is 3.36. The van der Waals surface area contributed by atoms with E-state index in [4.69, 9.17) is 0 Å². The minimum absolute atomic E-state index is 0. The van der Waals surface area contributed by atoms with Crippen LogP contribution in [0.15, 0.2) is 60.8 Å². The number of hydrogen-bond acceptors (Lipinski definition) is 2. The van der Waals surface area contributed by atoms with E-state index in [1.165, 1.54) is 0 Å². The summed E-state index contributed by atoms with van der Waals surface area (Å²) in [7, 11) is 0. The van der Waals surface area contributed by atoms with E-state index >= 15 is 0 Å². The van der Waals surface area contributed by atoms with Crippen LogP contribution in [0.1, 0.15) is 0 Å². The van der Waals surface area contributed by atoms with Gasteiger partial charge in [0.1, 0.15) is 0 Å². The molecule has 2 aromatic heterocycles.